The van der Waals surface area contributed by atoms with Crippen LogP contribution in [-0.2, 0) is 0 Å². The summed E-state index contributed by atoms with van der Waals surface area (Å²) in [6, 6.07) is 0.768. The molecule has 0 aromatic carbocycles. The fourth-order valence-corrected chi connectivity index (χ4v) is 2.35. The molecule has 0 heterocycles. The predicted octanol–water partition coefficient (Wildman–Crippen LogP) is 1.35. The van der Waals surface area contributed by atoms with E-state index in [0.717, 1.165) is 25.6 Å². The van der Waals surface area contributed by atoms with Crippen molar-refractivity contribution in [1.82, 2.24) is 4.90 Å². The minimum Gasteiger partial charge on any atom is -0.394 e. The molecule has 3 N–H and O–H groups in total. The maximum absolute atomic E-state index is 9.10. The minimum absolute atomic E-state index is 0.0786. The van der Waals surface area contributed by atoms with Crippen LogP contribution >= 0.6 is 0 Å². The van der Waals surface area contributed by atoms with Gasteiger partial charge in [0.1, 0.15) is 0 Å². The summed E-state index contributed by atoms with van der Waals surface area (Å²) in [7, 11) is 0. The monoisotopic (exact) mass is 214 g/mol. The third kappa shape index (κ3) is 4.09. The van der Waals surface area contributed by atoms with E-state index in [9.17, 15) is 0 Å². The Morgan fingerprint density at radius 3 is 2.47 bits per heavy atom. The molecule has 90 valence electrons. The van der Waals surface area contributed by atoms with E-state index in [0.29, 0.717) is 0 Å². The first kappa shape index (κ1) is 12.9. The second-order valence-corrected chi connectivity index (χ2v) is 5.13. The highest BCUT2D eigenvalue weighted by Crippen LogP contribution is 2.23. The van der Waals surface area contributed by atoms with E-state index in [1.807, 2.05) is 6.92 Å². The topological polar surface area (TPSA) is 49.5 Å². The van der Waals surface area contributed by atoms with Crippen LogP contribution in [-0.4, -0.2) is 41.3 Å². The van der Waals surface area contributed by atoms with E-state index in [4.69, 9.17) is 10.8 Å². The quantitative estimate of drug-likeness (QED) is 0.702. The Bertz CT molecular complexity index is 176. The van der Waals surface area contributed by atoms with Crippen molar-refractivity contribution >= 4 is 0 Å². The molecule has 3 heteroatoms. The third-order valence-electron chi connectivity index (χ3n) is 3.58. The zero-order valence-corrected chi connectivity index (χ0v) is 10.2. The first-order valence-electron chi connectivity index (χ1n) is 6.23. The normalized spacial score (nSPS) is 22.2. The standard InChI is InChI=1S/C12H26N2O/c1-3-14(11-6-4-5-7-11)9-8-12(2,13)10-15/h11,15H,3-10,13H2,1-2H3. The van der Waals surface area contributed by atoms with Crippen molar-refractivity contribution in [2.45, 2.75) is 57.5 Å². The predicted molar refractivity (Wildman–Crippen MR) is 63.8 cm³/mol. The van der Waals surface area contributed by atoms with Crippen molar-refractivity contribution in [3.8, 4) is 0 Å². The van der Waals surface area contributed by atoms with Gasteiger partial charge >= 0.3 is 0 Å². The van der Waals surface area contributed by atoms with Crippen LogP contribution in [0.3, 0.4) is 0 Å². The molecule has 15 heavy (non-hydrogen) atoms. The summed E-state index contributed by atoms with van der Waals surface area (Å²) in [6.07, 6.45) is 6.32. The lowest BCUT2D eigenvalue weighted by Gasteiger charge is -2.31. The van der Waals surface area contributed by atoms with E-state index in [2.05, 4.69) is 11.8 Å². The van der Waals surface area contributed by atoms with Crippen molar-refractivity contribution in [1.29, 1.82) is 0 Å². The Morgan fingerprint density at radius 2 is 2.00 bits per heavy atom. The number of nitrogens with two attached hydrogens (primary N) is 1. The molecule has 1 rings (SSSR count). The number of hydrogen-bond acceptors (Lipinski definition) is 3. The summed E-state index contributed by atoms with van der Waals surface area (Å²) in [5.74, 6) is 0. The number of nitrogens with zero attached hydrogens (tertiary/aromatic N) is 1. The summed E-state index contributed by atoms with van der Waals surface area (Å²) in [4.78, 5) is 2.52. The molecule has 1 unspecified atom stereocenters. The van der Waals surface area contributed by atoms with E-state index in [1.54, 1.807) is 0 Å². The molecule has 0 aliphatic heterocycles. The molecule has 0 radical (unpaired) electrons. The van der Waals surface area contributed by atoms with Crippen LogP contribution in [0, 0.1) is 0 Å². The first-order valence-corrected chi connectivity index (χ1v) is 6.23. The second-order valence-electron chi connectivity index (χ2n) is 5.13. The molecular weight excluding hydrogens is 188 g/mol. The Morgan fingerprint density at radius 1 is 1.40 bits per heavy atom. The highest BCUT2D eigenvalue weighted by atomic mass is 16.3. The van der Waals surface area contributed by atoms with E-state index in [1.165, 1.54) is 25.7 Å². The fraction of sp³-hybridized carbons (Fsp3) is 1.00. The van der Waals surface area contributed by atoms with Crippen LogP contribution in [0.15, 0.2) is 0 Å². The van der Waals surface area contributed by atoms with Gasteiger partial charge in [-0.2, -0.15) is 0 Å². The average Bonchev–Trinajstić information content (AvgIpc) is 2.72. The Labute approximate surface area is 93.6 Å². The third-order valence-corrected chi connectivity index (χ3v) is 3.58. The smallest absolute Gasteiger partial charge is 0.0608 e. The number of aliphatic hydroxyl groups is 1. The molecule has 1 atom stereocenters. The summed E-state index contributed by atoms with van der Waals surface area (Å²) in [5, 5.41) is 9.10. The average molecular weight is 214 g/mol. The minimum atomic E-state index is -0.411. The highest BCUT2D eigenvalue weighted by Gasteiger charge is 2.24. The van der Waals surface area contributed by atoms with Crippen LogP contribution in [0.4, 0.5) is 0 Å². The molecule has 0 aromatic rings. The van der Waals surface area contributed by atoms with Crippen LogP contribution in [0.2, 0.25) is 0 Å². The van der Waals surface area contributed by atoms with Gasteiger partial charge in [0.05, 0.1) is 6.61 Å². The molecule has 3 nitrogen and oxygen atoms in total. The molecule has 0 amide bonds. The number of hydrogen-bond donors (Lipinski definition) is 2. The second kappa shape index (κ2) is 5.83. The molecule has 1 aliphatic carbocycles. The van der Waals surface area contributed by atoms with Gasteiger partial charge in [-0.3, -0.25) is 0 Å². The molecule has 0 spiro atoms. The van der Waals surface area contributed by atoms with Crippen molar-refractivity contribution in [3.63, 3.8) is 0 Å². The van der Waals surface area contributed by atoms with E-state index >= 15 is 0 Å². The highest BCUT2D eigenvalue weighted by molar-refractivity contribution is 4.82. The van der Waals surface area contributed by atoms with Gasteiger partial charge in [-0.1, -0.05) is 19.8 Å². The lowest BCUT2D eigenvalue weighted by atomic mass is 10.00. The molecular formula is C12H26N2O. The first-order chi connectivity index (χ1) is 7.09. The van der Waals surface area contributed by atoms with Gasteiger partial charge in [0, 0.05) is 18.1 Å². The van der Waals surface area contributed by atoms with Crippen LogP contribution in [0.25, 0.3) is 0 Å². The molecule has 0 aromatic heterocycles. The van der Waals surface area contributed by atoms with Crippen molar-refractivity contribution < 1.29 is 5.11 Å². The van der Waals surface area contributed by atoms with Crippen LogP contribution < -0.4 is 5.73 Å². The van der Waals surface area contributed by atoms with Gasteiger partial charge in [0.15, 0.2) is 0 Å². The number of rotatable bonds is 6. The SMILES string of the molecule is CCN(CCC(C)(N)CO)C1CCCC1. The molecule has 1 fully saturated rings. The van der Waals surface area contributed by atoms with Crippen LogP contribution in [0.5, 0.6) is 0 Å². The molecule has 0 saturated heterocycles. The van der Waals surface area contributed by atoms with Gasteiger partial charge in [0.25, 0.3) is 0 Å². The Balaban J connectivity index is 2.33. The molecule has 1 aliphatic rings. The van der Waals surface area contributed by atoms with Gasteiger partial charge in [-0.15, -0.1) is 0 Å². The summed E-state index contributed by atoms with van der Waals surface area (Å²) >= 11 is 0. The largest absolute Gasteiger partial charge is 0.394 e. The lowest BCUT2D eigenvalue weighted by Crippen LogP contribution is -2.45. The maximum atomic E-state index is 9.10. The zero-order chi connectivity index (χ0) is 11.3. The molecule has 0 bridgehead atoms. The summed E-state index contributed by atoms with van der Waals surface area (Å²) in [5.41, 5.74) is 5.53. The Kier molecular flexibility index (Phi) is 5.03. The molecule has 1 saturated carbocycles. The van der Waals surface area contributed by atoms with Gasteiger partial charge < -0.3 is 15.7 Å². The Hall–Kier alpha value is -0.120. The van der Waals surface area contributed by atoms with Crippen molar-refractivity contribution in [2.24, 2.45) is 5.73 Å². The fourth-order valence-electron chi connectivity index (χ4n) is 2.35. The summed E-state index contributed by atoms with van der Waals surface area (Å²) < 4.78 is 0. The zero-order valence-electron chi connectivity index (χ0n) is 10.2. The van der Waals surface area contributed by atoms with Gasteiger partial charge in [-0.25, -0.2) is 0 Å². The lowest BCUT2D eigenvalue weighted by molar-refractivity contribution is 0.154. The van der Waals surface area contributed by atoms with E-state index in [-0.39, 0.29) is 6.61 Å². The van der Waals surface area contributed by atoms with Crippen LogP contribution in [0.1, 0.15) is 46.0 Å². The van der Waals surface area contributed by atoms with Gasteiger partial charge in [-0.05, 0) is 32.7 Å². The summed E-state index contributed by atoms with van der Waals surface area (Å²) in [6.45, 7) is 6.34. The maximum Gasteiger partial charge on any atom is 0.0608 e. The number of aliphatic hydroxyl groups excluding tert-OH is 1. The van der Waals surface area contributed by atoms with E-state index < -0.39 is 5.54 Å². The van der Waals surface area contributed by atoms with Crippen molar-refractivity contribution in [3.05, 3.63) is 0 Å². The van der Waals surface area contributed by atoms with Crippen molar-refractivity contribution in [2.75, 3.05) is 19.7 Å². The van der Waals surface area contributed by atoms with Gasteiger partial charge in [0.2, 0.25) is 0 Å².